The highest BCUT2D eigenvalue weighted by molar-refractivity contribution is 7.92. The molecule has 6 heteroatoms. The fraction of sp³-hybridized carbons (Fsp3) is 0.350. The number of rotatable bonds is 4. The van der Waals surface area contributed by atoms with E-state index in [0.717, 1.165) is 16.8 Å². The Morgan fingerprint density at radius 3 is 2.58 bits per heavy atom. The summed E-state index contributed by atoms with van der Waals surface area (Å²) >= 11 is 0. The van der Waals surface area contributed by atoms with Crippen molar-refractivity contribution in [3.8, 4) is 0 Å². The Balaban J connectivity index is 1.91. The molecule has 0 radical (unpaired) electrons. The minimum atomic E-state index is -3.69. The molecule has 1 atom stereocenters. The van der Waals surface area contributed by atoms with E-state index >= 15 is 0 Å². The molecular formula is C20H24N2O3S. The number of sulfonamides is 1. The normalized spacial score (nSPS) is 16.7. The first-order chi connectivity index (χ1) is 12.2. The summed E-state index contributed by atoms with van der Waals surface area (Å²) in [4.78, 5) is 13.7. The van der Waals surface area contributed by atoms with Crippen molar-refractivity contribution < 1.29 is 13.2 Å². The second-order valence-corrected chi connectivity index (χ2v) is 8.80. The minimum absolute atomic E-state index is 0.0320. The number of hydrogen-bond donors (Lipinski definition) is 1. The van der Waals surface area contributed by atoms with Crippen LogP contribution in [-0.2, 0) is 21.2 Å². The zero-order valence-corrected chi connectivity index (χ0v) is 16.3. The third-order valence-corrected chi connectivity index (χ3v) is 6.10. The predicted octanol–water partition coefficient (Wildman–Crippen LogP) is 3.91. The van der Waals surface area contributed by atoms with E-state index in [2.05, 4.69) is 18.6 Å². The van der Waals surface area contributed by atoms with Gasteiger partial charge in [-0.25, -0.2) is 8.42 Å². The summed E-state index contributed by atoms with van der Waals surface area (Å²) in [5.74, 6) is 0.286. The van der Waals surface area contributed by atoms with Gasteiger partial charge < -0.3 is 4.90 Å². The van der Waals surface area contributed by atoms with E-state index in [9.17, 15) is 13.2 Å². The van der Waals surface area contributed by atoms with E-state index < -0.39 is 10.0 Å². The van der Waals surface area contributed by atoms with E-state index in [1.54, 1.807) is 29.2 Å². The van der Waals surface area contributed by atoms with Gasteiger partial charge in [0.05, 0.1) is 4.90 Å². The summed E-state index contributed by atoms with van der Waals surface area (Å²) < 4.78 is 28.2. The molecule has 0 fully saturated rings. The molecule has 2 aromatic carbocycles. The molecule has 1 N–H and O–H groups in total. The summed E-state index contributed by atoms with van der Waals surface area (Å²) in [5, 5.41) is 0. The van der Waals surface area contributed by atoms with Crippen LogP contribution >= 0.6 is 0 Å². The number of hydrogen-bond acceptors (Lipinski definition) is 3. The zero-order chi connectivity index (χ0) is 19.1. The molecule has 138 valence electrons. The van der Waals surface area contributed by atoms with Crippen molar-refractivity contribution in [1.29, 1.82) is 0 Å². The van der Waals surface area contributed by atoms with Gasteiger partial charge >= 0.3 is 0 Å². The van der Waals surface area contributed by atoms with E-state index in [0.29, 0.717) is 18.0 Å². The van der Waals surface area contributed by atoms with E-state index in [1.807, 2.05) is 25.1 Å². The number of nitrogens with zero attached hydrogens (tertiary/aromatic N) is 1. The quantitative estimate of drug-likeness (QED) is 0.885. The van der Waals surface area contributed by atoms with Gasteiger partial charge in [0.25, 0.3) is 10.0 Å². The van der Waals surface area contributed by atoms with Crippen molar-refractivity contribution in [1.82, 2.24) is 0 Å². The Hall–Kier alpha value is -2.34. The SMILES string of the molecule is CC(=O)N1c2ccc(S(=O)(=O)Nc3cccc(C(C)C)c3)cc2CC1C. The Morgan fingerprint density at radius 1 is 1.19 bits per heavy atom. The van der Waals surface area contributed by atoms with Crippen molar-refractivity contribution in [3.05, 3.63) is 53.6 Å². The molecule has 0 spiro atoms. The lowest BCUT2D eigenvalue weighted by Gasteiger charge is -2.20. The van der Waals surface area contributed by atoms with Crippen LogP contribution in [0.2, 0.25) is 0 Å². The molecule has 1 amide bonds. The fourth-order valence-corrected chi connectivity index (χ4v) is 4.53. The van der Waals surface area contributed by atoms with Crippen LogP contribution in [0.1, 0.15) is 44.7 Å². The molecule has 1 heterocycles. The molecule has 0 aliphatic carbocycles. The first kappa shape index (κ1) is 18.5. The van der Waals surface area contributed by atoms with Gasteiger partial charge in [-0.3, -0.25) is 9.52 Å². The van der Waals surface area contributed by atoms with Crippen molar-refractivity contribution >= 4 is 27.3 Å². The third-order valence-electron chi connectivity index (χ3n) is 4.72. The maximum atomic E-state index is 12.8. The molecule has 1 aliphatic heterocycles. The molecule has 2 aromatic rings. The number of fused-ring (bicyclic) bond motifs is 1. The van der Waals surface area contributed by atoms with Crippen molar-refractivity contribution in [2.24, 2.45) is 0 Å². The topological polar surface area (TPSA) is 66.5 Å². The van der Waals surface area contributed by atoms with Crippen LogP contribution in [0.4, 0.5) is 11.4 Å². The van der Waals surface area contributed by atoms with Gasteiger partial charge in [-0.05, 0) is 60.7 Å². The Labute approximate surface area is 155 Å². The number of carbonyl (C=O) groups excluding carboxylic acids is 1. The molecule has 3 rings (SSSR count). The van der Waals surface area contributed by atoms with E-state index in [4.69, 9.17) is 0 Å². The summed E-state index contributed by atoms with van der Waals surface area (Å²) in [7, 11) is -3.69. The van der Waals surface area contributed by atoms with Crippen LogP contribution in [0.25, 0.3) is 0 Å². The maximum absolute atomic E-state index is 12.8. The molecular weight excluding hydrogens is 348 g/mol. The summed E-state index contributed by atoms with van der Waals surface area (Å²) in [5.41, 5.74) is 3.30. The van der Waals surface area contributed by atoms with Crippen LogP contribution in [0.15, 0.2) is 47.4 Å². The lowest BCUT2D eigenvalue weighted by molar-refractivity contribution is -0.116. The summed E-state index contributed by atoms with van der Waals surface area (Å²) in [6.45, 7) is 7.62. The minimum Gasteiger partial charge on any atom is -0.309 e. The van der Waals surface area contributed by atoms with Gasteiger partial charge in [-0.1, -0.05) is 26.0 Å². The zero-order valence-electron chi connectivity index (χ0n) is 15.5. The first-order valence-electron chi connectivity index (χ1n) is 8.74. The fourth-order valence-electron chi connectivity index (χ4n) is 3.43. The van der Waals surface area contributed by atoms with Crippen molar-refractivity contribution in [2.75, 3.05) is 9.62 Å². The Bertz CT molecular complexity index is 951. The highest BCUT2D eigenvalue weighted by Gasteiger charge is 2.30. The Kier molecular flexibility index (Phi) is 4.80. The molecule has 0 saturated carbocycles. The molecule has 1 unspecified atom stereocenters. The average molecular weight is 372 g/mol. The summed E-state index contributed by atoms with van der Waals surface area (Å²) in [6, 6.07) is 12.4. The van der Waals surface area contributed by atoms with Crippen molar-refractivity contribution in [3.63, 3.8) is 0 Å². The number of anilines is 2. The lowest BCUT2D eigenvalue weighted by Crippen LogP contribution is -2.33. The van der Waals surface area contributed by atoms with Crippen LogP contribution in [0.5, 0.6) is 0 Å². The molecule has 0 bridgehead atoms. The smallest absolute Gasteiger partial charge is 0.261 e. The van der Waals surface area contributed by atoms with Gasteiger partial charge in [0.2, 0.25) is 5.91 Å². The van der Waals surface area contributed by atoms with Gasteiger partial charge in [0.15, 0.2) is 0 Å². The van der Waals surface area contributed by atoms with E-state index in [-0.39, 0.29) is 16.8 Å². The van der Waals surface area contributed by atoms with Crippen molar-refractivity contribution in [2.45, 2.75) is 51.0 Å². The monoisotopic (exact) mass is 372 g/mol. The molecule has 5 nitrogen and oxygen atoms in total. The molecule has 0 saturated heterocycles. The Morgan fingerprint density at radius 2 is 1.92 bits per heavy atom. The van der Waals surface area contributed by atoms with Gasteiger partial charge in [0.1, 0.15) is 0 Å². The predicted molar refractivity (Wildman–Crippen MR) is 104 cm³/mol. The first-order valence-corrected chi connectivity index (χ1v) is 10.2. The highest BCUT2D eigenvalue weighted by Crippen LogP contribution is 2.34. The van der Waals surface area contributed by atoms with Gasteiger partial charge in [-0.15, -0.1) is 0 Å². The standard InChI is InChI=1S/C20H24N2O3S/c1-13(2)16-6-5-7-18(11-16)21-26(24,25)19-8-9-20-17(12-19)10-14(3)22(20)15(4)23/h5-9,11-14,21H,10H2,1-4H3. The van der Waals surface area contributed by atoms with Crippen LogP contribution in [-0.4, -0.2) is 20.4 Å². The number of benzene rings is 2. The number of amides is 1. The van der Waals surface area contributed by atoms with Crippen LogP contribution < -0.4 is 9.62 Å². The second-order valence-electron chi connectivity index (χ2n) is 7.12. The van der Waals surface area contributed by atoms with Crippen LogP contribution in [0.3, 0.4) is 0 Å². The maximum Gasteiger partial charge on any atom is 0.261 e. The van der Waals surface area contributed by atoms with E-state index in [1.165, 1.54) is 6.92 Å². The molecule has 1 aliphatic rings. The average Bonchev–Trinajstić information content (AvgIpc) is 2.89. The number of nitrogens with one attached hydrogen (secondary N) is 1. The molecule has 26 heavy (non-hydrogen) atoms. The highest BCUT2D eigenvalue weighted by atomic mass is 32.2. The van der Waals surface area contributed by atoms with Gasteiger partial charge in [0, 0.05) is 24.3 Å². The number of carbonyl (C=O) groups is 1. The third kappa shape index (κ3) is 3.46. The van der Waals surface area contributed by atoms with Gasteiger partial charge in [-0.2, -0.15) is 0 Å². The largest absolute Gasteiger partial charge is 0.309 e. The van der Waals surface area contributed by atoms with Crippen LogP contribution in [0, 0.1) is 0 Å². The molecule has 0 aromatic heterocycles. The lowest BCUT2D eigenvalue weighted by atomic mass is 10.0. The summed E-state index contributed by atoms with van der Waals surface area (Å²) in [6.07, 6.45) is 0.654. The second kappa shape index (κ2) is 6.76.